The van der Waals surface area contributed by atoms with E-state index in [1.54, 1.807) is 0 Å². The number of nitrogens with one attached hydrogen (secondary N) is 1. The lowest BCUT2D eigenvalue weighted by atomic mass is 10.1. The van der Waals surface area contributed by atoms with Crippen LogP contribution in [0.3, 0.4) is 0 Å². The molecule has 1 aliphatic heterocycles. The molecule has 1 aliphatic rings. The van der Waals surface area contributed by atoms with Crippen LogP contribution in [0.5, 0.6) is 0 Å². The zero-order valence-corrected chi connectivity index (χ0v) is 11.8. The third-order valence-corrected chi connectivity index (χ3v) is 3.93. The van der Waals surface area contributed by atoms with Gasteiger partial charge < -0.3 is 5.32 Å². The number of nitrogens with zero attached hydrogens (tertiary/aromatic N) is 1. The van der Waals surface area contributed by atoms with Crippen LogP contribution in [0.4, 0.5) is 0 Å². The number of amidine groups is 1. The molecule has 0 amide bonds. The molecule has 1 N–H and O–H groups in total. The highest BCUT2D eigenvalue weighted by Gasteiger charge is 2.19. The van der Waals surface area contributed by atoms with Crippen LogP contribution in [-0.4, -0.2) is 23.5 Å². The highest BCUT2D eigenvalue weighted by molar-refractivity contribution is 8.14. The van der Waals surface area contributed by atoms with Crippen LogP contribution in [0.2, 0.25) is 0 Å². The molecule has 0 aliphatic carbocycles. The van der Waals surface area contributed by atoms with Crippen molar-refractivity contribution in [2.45, 2.75) is 58.1 Å². The summed E-state index contributed by atoms with van der Waals surface area (Å²) in [4.78, 5) is 4.56. The Morgan fingerprint density at radius 1 is 1.38 bits per heavy atom. The number of aliphatic imine (C=N–C) groups is 1. The lowest BCUT2D eigenvalue weighted by molar-refractivity contribution is 0.575. The van der Waals surface area contributed by atoms with Crippen molar-refractivity contribution in [1.29, 1.82) is 0 Å². The molecule has 0 fully saturated rings. The van der Waals surface area contributed by atoms with E-state index in [0.717, 1.165) is 24.3 Å². The summed E-state index contributed by atoms with van der Waals surface area (Å²) < 4.78 is 0. The van der Waals surface area contributed by atoms with Gasteiger partial charge in [0.15, 0.2) is 5.17 Å². The first-order valence-electron chi connectivity index (χ1n) is 6.67. The van der Waals surface area contributed by atoms with Crippen molar-refractivity contribution >= 4 is 16.9 Å². The Morgan fingerprint density at radius 3 is 2.88 bits per heavy atom. The maximum atomic E-state index is 4.56. The van der Waals surface area contributed by atoms with Crippen molar-refractivity contribution in [2.24, 2.45) is 10.9 Å². The summed E-state index contributed by atoms with van der Waals surface area (Å²) in [5.74, 6) is 0.789. The van der Waals surface area contributed by atoms with E-state index in [-0.39, 0.29) is 0 Å². The molecule has 1 heterocycles. The second kappa shape index (κ2) is 7.99. The third-order valence-electron chi connectivity index (χ3n) is 2.76. The SMILES string of the molecule is CCCCCCNC1=NCC(CC(C)C)S1. The maximum absolute atomic E-state index is 4.56. The van der Waals surface area contributed by atoms with E-state index in [1.165, 1.54) is 37.3 Å². The van der Waals surface area contributed by atoms with E-state index in [4.69, 9.17) is 0 Å². The van der Waals surface area contributed by atoms with Crippen LogP contribution < -0.4 is 5.32 Å². The van der Waals surface area contributed by atoms with Gasteiger partial charge in [-0.2, -0.15) is 0 Å². The molecule has 0 bridgehead atoms. The van der Waals surface area contributed by atoms with Gasteiger partial charge in [0.25, 0.3) is 0 Å². The summed E-state index contributed by atoms with van der Waals surface area (Å²) >= 11 is 1.94. The summed E-state index contributed by atoms with van der Waals surface area (Å²) in [5.41, 5.74) is 0. The first-order valence-corrected chi connectivity index (χ1v) is 7.55. The van der Waals surface area contributed by atoms with Crippen LogP contribution in [0.15, 0.2) is 4.99 Å². The first-order chi connectivity index (χ1) is 7.72. The van der Waals surface area contributed by atoms with Crippen molar-refractivity contribution < 1.29 is 0 Å². The Bertz CT molecular complexity index is 214. The van der Waals surface area contributed by atoms with E-state index in [1.807, 2.05) is 11.8 Å². The number of rotatable bonds is 7. The van der Waals surface area contributed by atoms with Crippen molar-refractivity contribution in [3.8, 4) is 0 Å². The van der Waals surface area contributed by atoms with Gasteiger partial charge in [-0.1, -0.05) is 51.8 Å². The molecule has 1 unspecified atom stereocenters. The molecule has 0 aromatic rings. The smallest absolute Gasteiger partial charge is 0.156 e. The predicted octanol–water partition coefficient (Wildman–Crippen LogP) is 3.67. The molecule has 1 rings (SSSR count). The van der Waals surface area contributed by atoms with Crippen LogP contribution >= 0.6 is 11.8 Å². The highest BCUT2D eigenvalue weighted by atomic mass is 32.2. The standard InChI is InChI=1S/C13H26N2S/c1-4-5-6-7-8-14-13-15-10-12(16-13)9-11(2)3/h11-12H,4-10H2,1-3H3,(H,14,15). The fourth-order valence-corrected chi connectivity index (χ4v) is 3.19. The molecule has 0 saturated heterocycles. The third kappa shape index (κ3) is 5.78. The van der Waals surface area contributed by atoms with Crippen LogP contribution in [0.1, 0.15) is 52.9 Å². The van der Waals surface area contributed by atoms with E-state index in [9.17, 15) is 0 Å². The fraction of sp³-hybridized carbons (Fsp3) is 0.923. The van der Waals surface area contributed by atoms with Crippen molar-refractivity contribution in [3.05, 3.63) is 0 Å². The van der Waals surface area contributed by atoms with Crippen molar-refractivity contribution in [1.82, 2.24) is 5.32 Å². The van der Waals surface area contributed by atoms with E-state index >= 15 is 0 Å². The Kier molecular flexibility index (Phi) is 6.93. The number of thioether (sulfide) groups is 1. The molecule has 0 aromatic heterocycles. The molecule has 0 radical (unpaired) electrons. The summed E-state index contributed by atoms with van der Waals surface area (Å²) in [7, 11) is 0. The normalized spacial score (nSPS) is 20.2. The van der Waals surface area contributed by atoms with E-state index in [2.05, 4.69) is 31.1 Å². The predicted molar refractivity (Wildman–Crippen MR) is 75.3 cm³/mol. The van der Waals surface area contributed by atoms with Gasteiger partial charge >= 0.3 is 0 Å². The lowest BCUT2D eigenvalue weighted by Gasteiger charge is -2.11. The van der Waals surface area contributed by atoms with Gasteiger partial charge in [0.1, 0.15) is 0 Å². The van der Waals surface area contributed by atoms with Gasteiger partial charge in [0, 0.05) is 11.8 Å². The lowest BCUT2D eigenvalue weighted by Crippen LogP contribution is -2.20. The second-order valence-corrected chi connectivity index (χ2v) is 6.29. The molecule has 1 atom stereocenters. The Morgan fingerprint density at radius 2 is 2.19 bits per heavy atom. The second-order valence-electron chi connectivity index (χ2n) is 5.00. The van der Waals surface area contributed by atoms with Gasteiger partial charge in [0.05, 0.1) is 6.54 Å². The molecular formula is C13H26N2S. The number of unbranched alkanes of at least 4 members (excludes halogenated alkanes) is 3. The number of hydrogen-bond acceptors (Lipinski definition) is 3. The first kappa shape index (κ1) is 13.9. The van der Waals surface area contributed by atoms with Crippen molar-refractivity contribution in [3.63, 3.8) is 0 Å². The maximum Gasteiger partial charge on any atom is 0.156 e. The molecular weight excluding hydrogens is 216 g/mol. The quantitative estimate of drug-likeness (QED) is 0.689. The minimum atomic E-state index is 0.721. The Balaban J connectivity index is 2.02. The minimum Gasteiger partial charge on any atom is -0.365 e. The van der Waals surface area contributed by atoms with Gasteiger partial charge in [-0.15, -0.1) is 0 Å². The minimum absolute atomic E-state index is 0.721. The monoisotopic (exact) mass is 242 g/mol. The van der Waals surface area contributed by atoms with Crippen LogP contribution in [0.25, 0.3) is 0 Å². The van der Waals surface area contributed by atoms with Gasteiger partial charge in [-0.05, 0) is 18.8 Å². The van der Waals surface area contributed by atoms with Gasteiger partial charge in [-0.3, -0.25) is 4.99 Å². The van der Waals surface area contributed by atoms with E-state index < -0.39 is 0 Å². The largest absolute Gasteiger partial charge is 0.365 e. The zero-order valence-electron chi connectivity index (χ0n) is 11.0. The van der Waals surface area contributed by atoms with Gasteiger partial charge in [0.2, 0.25) is 0 Å². The molecule has 2 nitrogen and oxygen atoms in total. The van der Waals surface area contributed by atoms with Crippen LogP contribution in [0, 0.1) is 5.92 Å². The molecule has 0 aromatic carbocycles. The summed E-state index contributed by atoms with van der Waals surface area (Å²) in [5, 5.41) is 5.36. The average Bonchev–Trinajstić information content (AvgIpc) is 2.64. The molecule has 0 saturated carbocycles. The Labute approximate surface area is 105 Å². The van der Waals surface area contributed by atoms with Gasteiger partial charge in [-0.25, -0.2) is 0 Å². The number of hydrogen-bond donors (Lipinski definition) is 1. The molecule has 16 heavy (non-hydrogen) atoms. The van der Waals surface area contributed by atoms with Crippen LogP contribution in [-0.2, 0) is 0 Å². The fourth-order valence-electron chi connectivity index (χ4n) is 1.91. The molecule has 3 heteroatoms. The highest BCUT2D eigenvalue weighted by Crippen LogP contribution is 2.25. The summed E-state index contributed by atoms with van der Waals surface area (Å²) in [6, 6.07) is 0. The summed E-state index contributed by atoms with van der Waals surface area (Å²) in [6.07, 6.45) is 6.58. The Hall–Kier alpha value is -0.180. The van der Waals surface area contributed by atoms with Crippen molar-refractivity contribution in [2.75, 3.05) is 13.1 Å². The molecule has 0 spiro atoms. The molecule has 94 valence electrons. The van der Waals surface area contributed by atoms with E-state index in [0.29, 0.717) is 0 Å². The zero-order chi connectivity index (χ0) is 11.8. The summed E-state index contributed by atoms with van der Waals surface area (Å²) in [6.45, 7) is 8.94. The topological polar surface area (TPSA) is 24.4 Å². The average molecular weight is 242 g/mol.